The first-order chi connectivity index (χ1) is 9.93. The van der Waals surface area contributed by atoms with Crippen LogP contribution >= 0.6 is 0 Å². The Balaban J connectivity index is 2.07. The van der Waals surface area contributed by atoms with Crippen molar-refractivity contribution in [1.82, 2.24) is 0 Å². The lowest BCUT2D eigenvalue weighted by Crippen LogP contribution is -2.57. The molecule has 7 nitrogen and oxygen atoms in total. The van der Waals surface area contributed by atoms with Crippen LogP contribution in [0.2, 0.25) is 0 Å². The summed E-state index contributed by atoms with van der Waals surface area (Å²) in [6.07, 6.45) is -5.22. The monoisotopic (exact) mass is 308 g/mol. The Labute approximate surface area is 125 Å². The minimum atomic E-state index is -1.27. The van der Waals surface area contributed by atoms with Crippen molar-refractivity contribution in [2.45, 2.75) is 51.5 Å². The van der Waals surface area contributed by atoms with Gasteiger partial charge in [0.05, 0.1) is 32.5 Å². The average molecular weight is 308 g/mol. The number of hydrogen-bond donors (Lipinski definition) is 3. The zero-order valence-electron chi connectivity index (χ0n) is 13.0. The van der Waals surface area contributed by atoms with Gasteiger partial charge in [-0.3, -0.25) is 0 Å². The lowest BCUT2D eigenvalue weighted by molar-refractivity contribution is -0.294. The summed E-state index contributed by atoms with van der Waals surface area (Å²) in [5.74, 6) is 0.502. The Hall–Kier alpha value is -0.280. The van der Waals surface area contributed by atoms with Gasteiger partial charge < -0.3 is 34.3 Å². The largest absolute Gasteiger partial charge is 0.388 e. The molecule has 0 amide bonds. The second kappa shape index (κ2) is 9.68. The molecule has 3 N–H and O–H groups in total. The van der Waals surface area contributed by atoms with E-state index < -0.39 is 30.7 Å². The van der Waals surface area contributed by atoms with Gasteiger partial charge in [-0.2, -0.15) is 0 Å². The summed E-state index contributed by atoms with van der Waals surface area (Å²) in [4.78, 5) is 0. The van der Waals surface area contributed by atoms with Crippen molar-refractivity contribution in [1.29, 1.82) is 0 Å². The normalized spacial score (nSPS) is 33.6. The van der Waals surface area contributed by atoms with Gasteiger partial charge in [0.1, 0.15) is 18.3 Å². The van der Waals surface area contributed by atoms with E-state index in [-0.39, 0.29) is 6.61 Å². The predicted molar refractivity (Wildman–Crippen MR) is 74.8 cm³/mol. The number of hydrogen-bond acceptors (Lipinski definition) is 7. The molecule has 0 spiro atoms. The third kappa shape index (κ3) is 6.56. The highest BCUT2D eigenvalue weighted by molar-refractivity contribution is 4.87. The topological polar surface area (TPSA) is 97.6 Å². The van der Waals surface area contributed by atoms with Crippen molar-refractivity contribution in [3.63, 3.8) is 0 Å². The molecular formula is C14H28O7. The van der Waals surface area contributed by atoms with Crippen LogP contribution in [0.5, 0.6) is 0 Å². The maximum atomic E-state index is 9.73. The summed E-state index contributed by atoms with van der Waals surface area (Å²) in [6.45, 7) is 8.04. The highest BCUT2D eigenvalue weighted by Gasteiger charge is 2.42. The van der Waals surface area contributed by atoms with Gasteiger partial charge in [-0.05, 0) is 12.8 Å². The van der Waals surface area contributed by atoms with E-state index in [1.165, 1.54) is 0 Å². The Morgan fingerprint density at radius 3 is 2.19 bits per heavy atom. The van der Waals surface area contributed by atoms with E-state index in [0.29, 0.717) is 32.3 Å². The standard InChI is InChI=1S/C14H28O7/c1-9(2)8-19-5-4-18-6-7-20-14-13(17)12(16)11(15)10(3)21-14/h9-17H,4-8H2,1-3H3/t10?,11-,12?,13?,14+/m1/s1. The lowest BCUT2D eigenvalue weighted by atomic mass is 10.0. The second-order valence-electron chi connectivity index (χ2n) is 5.63. The fourth-order valence-electron chi connectivity index (χ4n) is 1.91. The molecule has 21 heavy (non-hydrogen) atoms. The van der Waals surface area contributed by atoms with Crippen LogP contribution in [0.15, 0.2) is 0 Å². The number of aliphatic hydroxyl groups is 3. The quantitative estimate of drug-likeness (QED) is 0.495. The van der Waals surface area contributed by atoms with E-state index in [2.05, 4.69) is 13.8 Å². The highest BCUT2D eigenvalue weighted by Crippen LogP contribution is 2.21. The van der Waals surface area contributed by atoms with E-state index in [1.54, 1.807) is 6.92 Å². The van der Waals surface area contributed by atoms with Crippen LogP contribution in [0.25, 0.3) is 0 Å². The molecule has 1 saturated heterocycles. The fraction of sp³-hybridized carbons (Fsp3) is 1.00. The Kier molecular flexibility index (Phi) is 8.65. The molecule has 3 unspecified atom stereocenters. The van der Waals surface area contributed by atoms with Crippen LogP contribution in [-0.4, -0.2) is 79.1 Å². The van der Waals surface area contributed by atoms with Gasteiger partial charge in [0.25, 0.3) is 0 Å². The van der Waals surface area contributed by atoms with Gasteiger partial charge in [0.2, 0.25) is 0 Å². The van der Waals surface area contributed by atoms with Gasteiger partial charge in [-0.15, -0.1) is 0 Å². The first-order valence-electron chi connectivity index (χ1n) is 7.40. The number of rotatable bonds is 9. The number of aliphatic hydroxyl groups excluding tert-OH is 3. The molecule has 1 rings (SSSR count). The maximum Gasteiger partial charge on any atom is 0.186 e. The van der Waals surface area contributed by atoms with Crippen molar-refractivity contribution >= 4 is 0 Å². The summed E-state index contributed by atoms with van der Waals surface area (Å²) in [6, 6.07) is 0. The van der Waals surface area contributed by atoms with E-state index in [4.69, 9.17) is 18.9 Å². The third-order valence-electron chi connectivity index (χ3n) is 3.14. The molecule has 0 aromatic heterocycles. The molecule has 0 aromatic carbocycles. The van der Waals surface area contributed by atoms with Gasteiger partial charge >= 0.3 is 0 Å². The van der Waals surface area contributed by atoms with E-state index in [0.717, 1.165) is 0 Å². The van der Waals surface area contributed by atoms with E-state index in [9.17, 15) is 15.3 Å². The van der Waals surface area contributed by atoms with E-state index in [1.807, 2.05) is 0 Å². The SMILES string of the molecule is CC(C)COCCOCCO[C@H]1OC(C)[C@@H](O)C(O)C1O. The molecule has 1 aliphatic heterocycles. The molecule has 0 aliphatic carbocycles. The maximum absolute atomic E-state index is 9.73. The van der Waals surface area contributed by atoms with Crippen molar-refractivity contribution in [3.05, 3.63) is 0 Å². The lowest BCUT2D eigenvalue weighted by Gasteiger charge is -2.38. The molecule has 0 radical (unpaired) electrons. The molecular weight excluding hydrogens is 280 g/mol. The smallest absolute Gasteiger partial charge is 0.186 e. The zero-order chi connectivity index (χ0) is 15.8. The van der Waals surface area contributed by atoms with Gasteiger partial charge in [-0.25, -0.2) is 0 Å². The highest BCUT2D eigenvalue weighted by atomic mass is 16.7. The van der Waals surface area contributed by atoms with Crippen LogP contribution in [-0.2, 0) is 18.9 Å². The Bertz CT molecular complexity index is 274. The molecule has 0 aromatic rings. The van der Waals surface area contributed by atoms with Gasteiger partial charge in [0, 0.05) is 6.61 Å². The molecule has 1 heterocycles. The van der Waals surface area contributed by atoms with Crippen LogP contribution in [0, 0.1) is 5.92 Å². The molecule has 0 saturated carbocycles. The third-order valence-corrected chi connectivity index (χ3v) is 3.14. The van der Waals surface area contributed by atoms with Crippen LogP contribution in [0.4, 0.5) is 0 Å². The Morgan fingerprint density at radius 1 is 0.905 bits per heavy atom. The summed E-state index contributed by atoms with van der Waals surface area (Å²) in [7, 11) is 0. The minimum absolute atomic E-state index is 0.224. The fourth-order valence-corrected chi connectivity index (χ4v) is 1.91. The van der Waals surface area contributed by atoms with Crippen LogP contribution < -0.4 is 0 Å². The summed E-state index contributed by atoms with van der Waals surface area (Å²) in [5.41, 5.74) is 0. The molecule has 126 valence electrons. The summed E-state index contributed by atoms with van der Waals surface area (Å²) in [5, 5.41) is 28.9. The Morgan fingerprint density at radius 2 is 1.52 bits per heavy atom. The van der Waals surface area contributed by atoms with Gasteiger partial charge in [0.15, 0.2) is 6.29 Å². The molecule has 7 heteroatoms. The first kappa shape index (κ1) is 18.8. The summed E-state index contributed by atoms with van der Waals surface area (Å²) < 4.78 is 21.3. The van der Waals surface area contributed by atoms with Gasteiger partial charge in [-0.1, -0.05) is 13.8 Å². The first-order valence-corrected chi connectivity index (χ1v) is 7.40. The molecule has 1 fully saturated rings. The van der Waals surface area contributed by atoms with Crippen LogP contribution in [0.1, 0.15) is 20.8 Å². The zero-order valence-corrected chi connectivity index (χ0v) is 13.0. The van der Waals surface area contributed by atoms with Crippen molar-refractivity contribution < 1.29 is 34.3 Å². The van der Waals surface area contributed by atoms with Crippen molar-refractivity contribution in [2.75, 3.05) is 33.0 Å². The minimum Gasteiger partial charge on any atom is -0.388 e. The van der Waals surface area contributed by atoms with Crippen molar-refractivity contribution in [3.8, 4) is 0 Å². The van der Waals surface area contributed by atoms with Crippen molar-refractivity contribution in [2.24, 2.45) is 5.92 Å². The molecule has 5 atom stereocenters. The average Bonchev–Trinajstić information content (AvgIpc) is 2.44. The second-order valence-corrected chi connectivity index (χ2v) is 5.63. The molecule has 0 bridgehead atoms. The summed E-state index contributed by atoms with van der Waals surface area (Å²) >= 11 is 0. The molecule has 1 aliphatic rings. The number of ether oxygens (including phenoxy) is 4. The van der Waals surface area contributed by atoms with Crippen LogP contribution in [0.3, 0.4) is 0 Å². The van der Waals surface area contributed by atoms with E-state index >= 15 is 0 Å². The predicted octanol–water partition coefficient (Wildman–Crippen LogP) is -0.480.